The minimum Gasteiger partial charge on any atom is -0.445 e. The summed E-state index contributed by atoms with van der Waals surface area (Å²) in [6.45, 7) is 10.8. The molecule has 0 bridgehead atoms. The second kappa shape index (κ2) is 8.10. The second-order valence-electron chi connectivity index (χ2n) is 9.96. The van der Waals surface area contributed by atoms with E-state index in [-0.39, 0.29) is 17.6 Å². The summed E-state index contributed by atoms with van der Waals surface area (Å²) in [5.74, 6) is 0. The predicted molar refractivity (Wildman–Crippen MR) is 113 cm³/mol. The molecule has 0 unspecified atom stereocenters. The maximum atomic E-state index is 12.3. The third-order valence-corrected chi connectivity index (χ3v) is 6.34. The monoisotopic (exact) mass is 415 g/mol. The third kappa shape index (κ3) is 4.72. The van der Waals surface area contributed by atoms with Crippen LogP contribution >= 0.6 is 0 Å². The Hall–Kier alpha value is -2.28. The maximum Gasteiger partial charge on any atom is 0.410 e. The molecule has 3 fully saturated rings. The van der Waals surface area contributed by atoms with Gasteiger partial charge in [-0.3, -0.25) is 4.90 Å². The molecule has 0 atom stereocenters. The molecule has 1 aliphatic carbocycles. The summed E-state index contributed by atoms with van der Waals surface area (Å²) < 4.78 is 10.9. The number of ether oxygens (including phenoxy) is 2. The lowest BCUT2D eigenvalue weighted by Gasteiger charge is -2.61. The molecule has 0 aromatic heterocycles. The van der Waals surface area contributed by atoms with Crippen molar-refractivity contribution in [3.05, 3.63) is 35.9 Å². The number of rotatable bonds is 3. The van der Waals surface area contributed by atoms with E-state index in [1.165, 1.54) is 0 Å². The van der Waals surface area contributed by atoms with Gasteiger partial charge in [0.05, 0.1) is 0 Å². The van der Waals surface area contributed by atoms with Crippen LogP contribution in [0.25, 0.3) is 0 Å². The van der Waals surface area contributed by atoms with Crippen LogP contribution in [-0.4, -0.2) is 77.8 Å². The van der Waals surface area contributed by atoms with Gasteiger partial charge in [-0.15, -0.1) is 0 Å². The summed E-state index contributed by atoms with van der Waals surface area (Å²) in [7, 11) is 0. The van der Waals surface area contributed by atoms with Gasteiger partial charge in [-0.1, -0.05) is 30.3 Å². The summed E-state index contributed by atoms with van der Waals surface area (Å²) in [5, 5.41) is 0. The Kier molecular flexibility index (Phi) is 5.66. The third-order valence-electron chi connectivity index (χ3n) is 6.34. The standard InChI is InChI=1S/C23H33N3O4/c1-22(2,3)30-21(28)26-16-23(17-26)13-19(14-23)24-9-11-25(12-10-24)20(27)29-15-18-7-5-4-6-8-18/h4-8,19H,9-17H2,1-3H3. The lowest BCUT2D eigenvalue weighted by molar-refractivity contribution is -0.112. The molecular formula is C23H33N3O4. The van der Waals surface area contributed by atoms with Crippen molar-refractivity contribution in [1.82, 2.24) is 14.7 Å². The Morgan fingerprint density at radius 3 is 2.20 bits per heavy atom. The van der Waals surface area contributed by atoms with Gasteiger partial charge < -0.3 is 19.3 Å². The molecule has 0 N–H and O–H groups in total. The Morgan fingerprint density at radius 2 is 1.60 bits per heavy atom. The molecule has 3 aliphatic rings. The summed E-state index contributed by atoms with van der Waals surface area (Å²) in [6, 6.07) is 10.3. The fourth-order valence-corrected chi connectivity index (χ4v) is 4.76. The molecule has 4 rings (SSSR count). The van der Waals surface area contributed by atoms with Gasteiger partial charge in [-0.2, -0.15) is 0 Å². The number of nitrogens with zero attached hydrogens (tertiary/aromatic N) is 3. The van der Waals surface area contributed by atoms with E-state index in [9.17, 15) is 9.59 Å². The highest BCUT2D eigenvalue weighted by atomic mass is 16.6. The summed E-state index contributed by atoms with van der Waals surface area (Å²) >= 11 is 0. The largest absolute Gasteiger partial charge is 0.445 e. The first-order valence-corrected chi connectivity index (χ1v) is 10.9. The van der Waals surface area contributed by atoms with E-state index in [2.05, 4.69) is 4.90 Å². The SMILES string of the molecule is CC(C)(C)OC(=O)N1CC2(CC(N3CCN(C(=O)OCc4ccccc4)CC3)C2)C1. The van der Waals surface area contributed by atoms with Crippen LogP contribution in [-0.2, 0) is 16.1 Å². The fourth-order valence-electron chi connectivity index (χ4n) is 4.76. The maximum absolute atomic E-state index is 12.3. The summed E-state index contributed by atoms with van der Waals surface area (Å²) in [4.78, 5) is 30.6. The fraction of sp³-hybridized carbons (Fsp3) is 0.652. The van der Waals surface area contributed by atoms with Gasteiger partial charge >= 0.3 is 12.2 Å². The quantitative estimate of drug-likeness (QED) is 0.758. The first-order valence-electron chi connectivity index (χ1n) is 10.9. The van der Waals surface area contributed by atoms with E-state index in [1.54, 1.807) is 0 Å². The summed E-state index contributed by atoms with van der Waals surface area (Å²) in [6.07, 6.45) is 1.84. The van der Waals surface area contributed by atoms with Gasteiger partial charge in [0, 0.05) is 50.7 Å². The number of piperazine rings is 1. The zero-order valence-electron chi connectivity index (χ0n) is 18.3. The number of carbonyl (C=O) groups excluding carboxylic acids is 2. The van der Waals surface area contributed by atoms with Crippen molar-refractivity contribution < 1.29 is 19.1 Å². The molecule has 0 radical (unpaired) electrons. The first-order chi connectivity index (χ1) is 14.2. The van der Waals surface area contributed by atoms with Crippen molar-refractivity contribution in [2.75, 3.05) is 39.3 Å². The highest BCUT2D eigenvalue weighted by Crippen LogP contribution is 2.50. The molecule has 30 heavy (non-hydrogen) atoms. The topological polar surface area (TPSA) is 62.3 Å². The minimum atomic E-state index is -0.441. The highest BCUT2D eigenvalue weighted by Gasteiger charge is 2.55. The molecule has 1 spiro atoms. The molecule has 2 heterocycles. The minimum absolute atomic E-state index is 0.195. The van der Waals surface area contributed by atoms with Gasteiger partial charge in [-0.05, 0) is 39.2 Å². The van der Waals surface area contributed by atoms with Crippen molar-refractivity contribution >= 4 is 12.2 Å². The van der Waals surface area contributed by atoms with Gasteiger partial charge in [0.15, 0.2) is 0 Å². The van der Waals surface area contributed by atoms with Crippen LogP contribution < -0.4 is 0 Å². The van der Waals surface area contributed by atoms with Crippen LogP contribution in [0.5, 0.6) is 0 Å². The molecule has 2 amide bonds. The van der Waals surface area contributed by atoms with Gasteiger partial charge in [-0.25, -0.2) is 9.59 Å². The molecular weight excluding hydrogens is 382 g/mol. The number of likely N-dealkylation sites (tertiary alicyclic amines) is 1. The first kappa shape index (κ1) is 21.0. The van der Waals surface area contributed by atoms with Crippen molar-refractivity contribution in [1.29, 1.82) is 0 Å². The lowest BCUT2D eigenvalue weighted by Crippen LogP contribution is -2.69. The molecule has 2 saturated heterocycles. The van der Waals surface area contributed by atoms with Crippen molar-refractivity contribution in [3.8, 4) is 0 Å². The van der Waals surface area contributed by atoms with Gasteiger partial charge in [0.25, 0.3) is 0 Å². The van der Waals surface area contributed by atoms with E-state index in [0.29, 0.717) is 25.7 Å². The predicted octanol–water partition coefficient (Wildman–Crippen LogP) is 3.34. The number of amides is 2. The normalized spacial score (nSPS) is 21.7. The van der Waals surface area contributed by atoms with E-state index >= 15 is 0 Å². The van der Waals surface area contributed by atoms with Crippen LogP contribution in [0.2, 0.25) is 0 Å². The van der Waals surface area contributed by atoms with E-state index in [0.717, 1.165) is 44.6 Å². The van der Waals surface area contributed by atoms with Crippen molar-refractivity contribution in [2.24, 2.45) is 5.41 Å². The van der Waals surface area contributed by atoms with Crippen molar-refractivity contribution in [3.63, 3.8) is 0 Å². The molecule has 164 valence electrons. The molecule has 7 nitrogen and oxygen atoms in total. The number of hydrogen-bond acceptors (Lipinski definition) is 5. The Labute approximate surface area is 178 Å². The second-order valence-corrected chi connectivity index (χ2v) is 9.96. The number of carbonyl (C=O) groups is 2. The highest BCUT2D eigenvalue weighted by molar-refractivity contribution is 5.69. The molecule has 1 aromatic rings. The molecule has 1 saturated carbocycles. The van der Waals surface area contributed by atoms with Crippen molar-refractivity contribution in [2.45, 2.75) is 51.9 Å². The van der Waals surface area contributed by atoms with Crippen LogP contribution in [0.4, 0.5) is 9.59 Å². The average molecular weight is 416 g/mol. The summed E-state index contributed by atoms with van der Waals surface area (Å²) in [5.41, 5.74) is 0.849. The smallest absolute Gasteiger partial charge is 0.410 e. The Morgan fingerprint density at radius 1 is 0.967 bits per heavy atom. The molecule has 1 aromatic carbocycles. The Balaban J connectivity index is 1.14. The zero-order chi connectivity index (χ0) is 21.4. The van der Waals surface area contributed by atoms with Gasteiger partial charge in [0.2, 0.25) is 0 Å². The van der Waals surface area contributed by atoms with E-state index in [1.807, 2.05) is 60.9 Å². The number of hydrogen-bond donors (Lipinski definition) is 0. The van der Waals surface area contributed by atoms with Crippen LogP contribution in [0.15, 0.2) is 30.3 Å². The number of benzene rings is 1. The van der Waals surface area contributed by atoms with E-state index < -0.39 is 5.60 Å². The molecule has 7 heteroatoms. The Bertz CT molecular complexity index is 754. The van der Waals surface area contributed by atoms with Crippen LogP contribution in [0, 0.1) is 5.41 Å². The van der Waals surface area contributed by atoms with Gasteiger partial charge in [0.1, 0.15) is 12.2 Å². The van der Waals surface area contributed by atoms with Crippen LogP contribution in [0.1, 0.15) is 39.2 Å². The zero-order valence-corrected chi connectivity index (χ0v) is 18.3. The lowest BCUT2D eigenvalue weighted by atomic mass is 9.60. The van der Waals surface area contributed by atoms with Crippen LogP contribution in [0.3, 0.4) is 0 Å². The molecule has 2 aliphatic heterocycles. The average Bonchev–Trinajstić information content (AvgIpc) is 2.64. The van der Waals surface area contributed by atoms with E-state index in [4.69, 9.17) is 9.47 Å².